The number of aromatic nitrogens is 1. The van der Waals surface area contributed by atoms with Crippen LogP contribution in [0.15, 0.2) is 78.3 Å². The zero-order valence-electron chi connectivity index (χ0n) is 15.7. The SMILES string of the molecule is COC([CH]Cc1nccs1)c1cccc(OCc2ccc3ccccc3c2)c1. The lowest BCUT2D eigenvalue weighted by Gasteiger charge is -2.16. The molecule has 0 saturated heterocycles. The van der Waals surface area contributed by atoms with Gasteiger partial charge in [0.05, 0.1) is 11.1 Å². The second-order valence-electron chi connectivity index (χ2n) is 6.56. The molecule has 0 bridgehead atoms. The van der Waals surface area contributed by atoms with E-state index in [1.54, 1.807) is 18.4 Å². The van der Waals surface area contributed by atoms with Crippen LogP contribution in [0, 0.1) is 6.42 Å². The number of hydrogen-bond acceptors (Lipinski definition) is 4. The fourth-order valence-corrected chi connectivity index (χ4v) is 3.80. The highest BCUT2D eigenvalue weighted by Gasteiger charge is 2.13. The second-order valence-corrected chi connectivity index (χ2v) is 7.54. The highest BCUT2D eigenvalue weighted by atomic mass is 32.1. The Balaban J connectivity index is 1.41. The van der Waals surface area contributed by atoms with Crippen LogP contribution in [0.3, 0.4) is 0 Å². The van der Waals surface area contributed by atoms with Crippen molar-refractivity contribution in [3.8, 4) is 5.75 Å². The summed E-state index contributed by atoms with van der Waals surface area (Å²) in [5, 5.41) is 5.55. The van der Waals surface area contributed by atoms with E-state index >= 15 is 0 Å². The highest BCUT2D eigenvalue weighted by molar-refractivity contribution is 7.09. The van der Waals surface area contributed by atoms with E-state index in [0.717, 1.165) is 28.3 Å². The summed E-state index contributed by atoms with van der Waals surface area (Å²) >= 11 is 1.66. The van der Waals surface area contributed by atoms with Gasteiger partial charge >= 0.3 is 0 Å². The van der Waals surface area contributed by atoms with Crippen molar-refractivity contribution < 1.29 is 9.47 Å². The van der Waals surface area contributed by atoms with Crippen molar-refractivity contribution in [2.75, 3.05) is 7.11 Å². The molecule has 3 aromatic carbocycles. The van der Waals surface area contributed by atoms with Crippen LogP contribution in [0.5, 0.6) is 5.75 Å². The van der Waals surface area contributed by atoms with Gasteiger partial charge in [-0.3, -0.25) is 0 Å². The van der Waals surface area contributed by atoms with Gasteiger partial charge in [-0.1, -0.05) is 48.5 Å². The minimum absolute atomic E-state index is 0.0897. The summed E-state index contributed by atoms with van der Waals surface area (Å²) in [5.74, 6) is 0.843. The molecule has 0 aliphatic carbocycles. The number of methoxy groups -OCH3 is 1. The summed E-state index contributed by atoms with van der Waals surface area (Å²) in [6, 6.07) is 22.9. The Morgan fingerprint density at radius 2 is 1.89 bits per heavy atom. The van der Waals surface area contributed by atoms with Gasteiger partial charge < -0.3 is 9.47 Å². The van der Waals surface area contributed by atoms with Crippen molar-refractivity contribution in [1.82, 2.24) is 4.98 Å². The quantitative estimate of drug-likeness (QED) is 0.370. The van der Waals surface area contributed by atoms with E-state index in [-0.39, 0.29) is 6.10 Å². The van der Waals surface area contributed by atoms with E-state index in [4.69, 9.17) is 9.47 Å². The summed E-state index contributed by atoms with van der Waals surface area (Å²) in [4.78, 5) is 4.33. The van der Waals surface area contributed by atoms with Crippen LogP contribution < -0.4 is 4.74 Å². The maximum atomic E-state index is 6.05. The Morgan fingerprint density at radius 1 is 1.00 bits per heavy atom. The molecular weight excluding hydrogens is 366 g/mol. The lowest BCUT2D eigenvalue weighted by atomic mass is 10.0. The van der Waals surface area contributed by atoms with Crippen LogP contribution in [0.1, 0.15) is 22.2 Å². The summed E-state index contributed by atoms with van der Waals surface area (Å²) < 4.78 is 11.7. The van der Waals surface area contributed by atoms with Crippen LogP contribution in [0.4, 0.5) is 0 Å². The van der Waals surface area contributed by atoms with Gasteiger partial charge in [0, 0.05) is 31.5 Å². The van der Waals surface area contributed by atoms with E-state index in [1.807, 2.05) is 29.8 Å². The molecular formula is C24H22NO2S. The molecule has 1 unspecified atom stereocenters. The largest absolute Gasteiger partial charge is 0.489 e. The molecule has 1 radical (unpaired) electrons. The Labute approximate surface area is 169 Å². The van der Waals surface area contributed by atoms with Crippen LogP contribution in [-0.4, -0.2) is 12.1 Å². The first-order chi connectivity index (χ1) is 13.8. The van der Waals surface area contributed by atoms with E-state index in [9.17, 15) is 0 Å². The first-order valence-corrected chi connectivity index (χ1v) is 10.1. The monoisotopic (exact) mass is 388 g/mol. The predicted octanol–water partition coefficient (Wildman–Crippen LogP) is 6.01. The highest BCUT2D eigenvalue weighted by Crippen LogP contribution is 2.26. The van der Waals surface area contributed by atoms with Crippen LogP contribution in [0.2, 0.25) is 0 Å². The fourth-order valence-electron chi connectivity index (χ4n) is 3.21. The third-order valence-corrected chi connectivity index (χ3v) is 5.45. The van der Waals surface area contributed by atoms with Gasteiger partial charge in [-0.15, -0.1) is 11.3 Å². The molecule has 4 heteroatoms. The number of ether oxygens (including phenoxy) is 2. The zero-order chi connectivity index (χ0) is 19.2. The number of hydrogen-bond donors (Lipinski definition) is 0. The molecule has 4 rings (SSSR count). The Morgan fingerprint density at radius 3 is 2.71 bits per heavy atom. The lowest BCUT2D eigenvalue weighted by Crippen LogP contribution is -2.05. The van der Waals surface area contributed by atoms with Crippen molar-refractivity contribution in [2.45, 2.75) is 19.1 Å². The third kappa shape index (κ3) is 4.58. The minimum atomic E-state index is -0.0897. The summed E-state index contributed by atoms with van der Waals surface area (Å²) in [6.07, 6.45) is 4.67. The summed E-state index contributed by atoms with van der Waals surface area (Å²) in [6.45, 7) is 0.536. The number of fused-ring (bicyclic) bond motifs is 1. The van der Waals surface area contributed by atoms with Gasteiger partial charge in [0.15, 0.2) is 0 Å². The average molecular weight is 389 g/mol. The molecule has 0 spiro atoms. The van der Waals surface area contributed by atoms with E-state index in [1.165, 1.54) is 10.8 Å². The molecule has 0 fully saturated rings. The molecule has 0 aliphatic heterocycles. The van der Waals surface area contributed by atoms with Crippen molar-refractivity contribution in [2.24, 2.45) is 0 Å². The zero-order valence-corrected chi connectivity index (χ0v) is 16.6. The van der Waals surface area contributed by atoms with Gasteiger partial charge in [-0.05, 0) is 40.1 Å². The molecule has 0 amide bonds. The maximum Gasteiger partial charge on any atom is 0.120 e. The summed E-state index contributed by atoms with van der Waals surface area (Å²) in [5.41, 5.74) is 2.23. The van der Waals surface area contributed by atoms with Gasteiger partial charge in [-0.25, -0.2) is 4.98 Å². The topological polar surface area (TPSA) is 31.4 Å². The predicted molar refractivity (Wildman–Crippen MR) is 115 cm³/mol. The summed E-state index contributed by atoms with van der Waals surface area (Å²) in [7, 11) is 1.73. The lowest BCUT2D eigenvalue weighted by molar-refractivity contribution is 0.127. The molecule has 1 atom stereocenters. The Hall–Kier alpha value is -2.69. The van der Waals surface area contributed by atoms with Crippen LogP contribution >= 0.6 is 11.3 Å². The number of nitrogens with zero attached hydrogens (tertiary/aromatic N) is 1. The van der Waals surface area contributed by atoms with Gasteiger partial charge in [0.25, 0.3) is 0 Å². The first-order valence-electron chi connectivity index (χ1n) is 9.27. The molecule has 28 heavy (non-hydrogen) atoms. The Kier molecular flexibility index (Phi) is 6.00. The van der Waals surface area contributed by atoms with Gasteiger partial charge in [0.1, 0.15) is 12.4 Å². The van der Waals surface area contributed by atoms with E-state index in [2.05, 4.69) is 59.9 Å². The van der Waals surface area contributed by atoms with Crippen molar-refractivity contribution in [1.29, 1.82) is 0 Å². The second kappa shape index (κ2) is 9.00. The number of rotatable bonds is 8. The molecule has 141 valence electrons. The third-order valence-electron chi connectivity index (χ3n) is 4.65. The number of thiazole rings is 1. The van der Waals surface area contributed by atoms with Crippen molar-refractivity contribution in [3.05, 3.63) is 101 Å². The molecule has 0 saturated carbocycles. The van der Waals surface area contributed by atoms with E-state index < -0.39 is 0 Å². The Bertz CT molecular complexity index is 1030. The first kappa shape index (κ1) is 18.7. The average Bonchev–Trinajstić information content (AvgIpc) is 3.26. The molecule has 1 heterocycles. The normalized spacial score (nSPS) is 12.2. The smallest absolute Gasteiger partial charge is 0.120 e. The maximum absolute atomic E-state index is 6.05. The van der Waals surface area contributed by atoms with E-state index in [0.29, 0.717) is 6.61 Å². The van der Waals surface area contributed by atoms with Crippen LogP contribution in [0.25, 0.3) is 10.8 Å². The minimum Gasteiger partial charge on any atom is -0.489 e. The van der Waals surface area contributed by atoms with Gasteiger partial charge in [-0.2, -0.15) is 0 Å². The standard InChI is InChI=1S/C24H22NO2S/c1-26-23(11-12-24-25-13-14-28-24)21-7-4-8-22(16-21)27-17-18-9-10-19-5-2-3-6-20(19)15-18/h2-11,13-16,23H,12,17H2,1H3. The van der Waals surface area contributed by atoms with Crippen molar-refractivity contribution >= 4 is 22.1 Å². The number of benzene rings is 3. The van der Waals surface area contributed by atoms with Gasteiger partial charge in [0.2, 0.25) is 0 Å². The fraction of sp³-hybridized carbons (Fsp3) is 0.167. The van der Waals surface area contributed by atoms with Crippen LogP contribution in [-0.2, 0) is 17.8 Å². The molecule has 3 nitrogen and oxygen atoms in total. The van der Waals surface area contributed by atoms with Crippen molar-refractivity contribution in [3.63, 3.8) is 0 Å². The molecule has 4 aromatic rings. The molecule has 0 aliphatic rings. The molecule has 1 aromatic heterocycles. The molecule has 0 N–H and O–H groups in total.